The molecule has 0 radical (unpaired) electrons. The van der Waals surface area contributed by atoms with Crippen LogP contribution in [0.25, 0.3) is 0 Å². The number of carbonyl (C=O) groups excluding carboxylic acids is 3. The SMILES string of the molecule is CCSc1nnc(SCC(=O)NN2C(=O)NC(C)(c3ccc(OC)cc3)C2=O)s1. The summed E-state index contributed by atoms with van der Waals surface area (Å²) in [6, 6.07) is 6.10. The molecule has 1 aliphatic heterocycles. The Bertz CT molecular complexity index is 920. The number of aromatic nitrogens is 2. The van der Waals surface area contributed by atoms with Crippen LogP contribution in [0.2, 0.25) is 0 Å². The first kappa shape index (κ1) is 21.4. The zero-order chi connectivity index (χ0) is 21.0. The predicted octanol–water partition coefficient (Wildman–Crippen LogP) is 2.25. The number of nitrogens with one attached hydrogen (secondary N) is 2. The number of imide groups is 1. The summed E-state index contributed by atoms with van der Waals surface area (Å²) in [4.78, 5) is 37.4. The maximum Gasteiger partial charge on any atom is 0.344 e. The van der Waals surface area contributed by atoms with Gasteiger partial charge in [-0.1, -0.05) is 53.9 Å². The number of methoxy groups -OCH3 is 1. The number of rotatable bonds is 8. The molecule has 1 fully saturated rings. The van der Waals surface area contributed by atoms with Gasteiger partial charge in [-0.05, 0) is 30.4 Å². The van der Waals surface area contributed by atoms with Crippen LogP contribution >= 0.6 is 34.9 Å². The second-order valence-corrected chi connectivity index (χ2v) is 9.73. The molecule has 3 rings (SSSR count). The van der Waals surface area contributed by atoms with Crippen LogP contribution in [0.15, 0.2) is 32.9 Å². The summed E-state index contributed by atoms with van der Waals surface area (Å²) in [5.41, 5.74) is 1.67. The fourth-order valence-corrected chi connectivity index (χ4v) is 5.29. The maximum absolute atomic E-state index is 12.8. The average Bonchev–Trinajstić information content (AvgIpc) is 3.25. The van der Waals surface area contributed by atoms with Gasteiger partial charge < -0.3 is 10.1 Å². The summed E-state index contributed by atoms with van der Waals surface area (Å²) in [6.07, 6.45) is 0. The first-order valence-corrected chi connectivity index (χ1v) is 11.4. The monoisotopic (exact) mass is 453 g/mol. The Hall–Kier alpha value is -2.31. The lowest BCUT2D eigenvalue weighted by Crippen LogP contribution is -2.48. The Kier molecular flexibility index (Phi) is 6.65. The summed E-state index contributed by atoms with van der Waals surface area (Å²) in [7, 11) is 1.54. The smallest absolute Gasteiger partial charge is 0.344 e. The predicted molar refractivity (Wildman–Crippen MR) is 111 cm³/mol. The third-order valence-corrected chi connectivity index (χ3v) is 7.15. The summed E-state index contributed by atoms with van der Waals surface area (Å²) in [5, 5.41) is 11.4. The zero-order valence-electron chi connectivity index (χ0n) is 15.9. The van der Waals surface area contributed by atoms with E-state index < -0.39 is 23.4 Å². The molecular weight excluding hydrogens is 434 g/mol. The van der Waals surface area contributed by atoms with Crippen LogP contribution in [-0.4, -0.2) is 51.7 Å². The lowest BCUT2D eigenvalue weighted by molar-refractivity contribution is -0.138. The van der Waals surface area contributed by atoms with Gasteiger partial charge in [-0.3, -0.25) is 15.0 Å². The van der Waals surface area contributed by atoms with Crippen LogP contribution in [0, 0.1) is 0 Å². The number of hydrazine groups is 1. The van der Waals surface area contributed by atoms with Crippen LogP contribution in [0.1, 0.15) is 19.4 Å². The highest BCUT2D eigenvalue weighted by Crippen LogP contribution is 2.30. The molecule has 1 saturated heterocycles. The van der Waals surface area contributed by atoms with Gasteiger partial charge in [-0.25, -0.2) is 4.79 Å². The van der Waals surface area contributed by atoms with Gasteiger partial charge in [0.15, 0.2) is 8.68 Å². The van der Waals surface area contributed by atoms with E-state index in [9.17, 15) is 14.4 Å². The molecule has 29 heavy (non-hydrogen) atoms. The molecule has 1 aromatic heterocycles. The van der Waals surface area contributed by atoms with Gasteiger partial charge in [0.2, 0.25) is 5.91 Å². The van der Waals surface area contributed by atoms with Crippen LogP contribution in [0.5, 0.6) is 5.75 Å². The van der Waals surface area contributed by atoms with Crippen molar-refractivity contribution in [3.8, 4) is 5.75 Å². The summed E-state index contributed by atoms with van der Waals surface area (Å²) in [6.45, 7) is 3.61. The largest absolute Gasteiger partial charge is 0.497 e. The topological polar surface area (TPSA) is 114 Å². The summed E-state index contributed by atoms with van der Waals surface area (Å²) in [5.74, 6) is 0.468. The normalized spacial score (nSPS) is 18.7. The number of amides is 4. The number of hydrogen-bond donors (Lipinski definition) is 2. The molecule has 0 saturated carbocycles. The van der Waals surface area contributed by atoms with Gasteiger partial charge in [-0.15, -0.1) is 10.2 Å². The van der Waals surface area contributed by atoms with E-state index in [1.54, 1.807) is 50.1 Å². The second kappa shape index (κ2) is 9.01. The van der Waals surface area contributed by atoms with Gasteiger partial charge in [0.1, 0.15) is 11.3 Å². The molecule has 1 unspecified atom stereocenters. The fraction of sp³-hybridized carbons (Fsp3) is 0.353. The van der Waals surface area contributed by atoms with Gasteiger partial charge in [0.05, 0.1) is 12.9 Å². The van der Waals surface area contributed by atoms with Gasteiger partial charge in [-0.2, -0.15) is 5.01 Å². The molecule has 2 aromatic rings. The number of ether oxygens (including phenoxy) is 1. The van der Waals surface area contributed by atoms with Gasteiger partial charge in [0, 0.05) is 0 Å². The number of carbonyl (C=O) groups is 3. The molecule has 0 bridgehead atoms. The van der Waals surface area contributed by atoms with Crippen molar-refractivity contribution in [3.63, 3.8) is 0 Å². The molecule has 154 valence electrons. The molecule has 2 heterocycles. The standard InChI is InChI=1S/C17H19N5O4S3/c1-4-27-15-19-20-16(29-15)28-9-12(23)21-22-13(24)17(2,18-14(22)25)10-5-7-11(26-3)8-6-10/h5-8H,4,9H2,1-3H3,(H,18,25)(H,21,23). The average molecular weight is 454 g/mol. The van der Waals surface area contributed by atoms with E-state index in [-0.39, 0.29) is 5.75 Å². The van der Waals surface area contributed by atoms with E-state index in [1.807, 2.05) is 6.92 Å². The zero-order valence-corrected chi connectivity index (χ0v) is 18.4. The molecule has 12 heteroatoms. The number of thioether (sulfide) groups is 2. The van der Waals surface area contributed by atoms with E-state index >= 15 is 0 Å². The number of urea groups is 1. The Morgan fingerprint density at radius 1 is 1.24 bits per heavy atom. The van der Waals surface area contributed by atoms with E-state index in [0.29, 0.717) is 20.7 Å². The highest BCUT2D eigenvalue weighted by Gasteiger charge is 2.50. The van der Waals surface area contributed by atoms with E-state index in [4.69, 9.17) is 4.74 Å². The van der Waals surface area contributed by atoms with E-state index in [0.717, 1.165) is 10.1 Å². The van der Waals surface area contributed by atoms with E-state index in [2.05, 4.69) is 20.9 Å². The minimum absolute atomic E-state index is 0.00172. The number of benzene rings is 1. The van der Waals surface area contributed by atoms with Crippen molar-refractivity contribution in [3.05, 3.63) is 29.8 Å². The van der Waals surface area contributed by atoms with Crippen molar-refractivity contribution in [2.45, 2.75) is 28.1 Å². The third kappa shape index (κ3) is 4.65. The molecule has 0 aliphatic carbocycles. The van der Waals surface area contributed by atoms with Crippen LogP contribution in [0.4, 0.5) is 4.79 Å². The van der Waals surface area contributed by atoms with E-state index in [1.165, 1.54) is 23.1 Å². The molecule has 0 spiro atoms. The first-order valence-electron chi connectivity index (χ1n) is 8.57. The van der Waals surface area contributed by atoms with Gasteiger partial charge >= 0.3 is 6.03 Å². The van der Waals surface area contributed by atoms with Crippen LogP contribution < -0.4 is 15.5 Å². The van der Waals surface area contributed by atoms with Gasteiger partial charge in [0.25, 0.3) is 5.91 Å². The Morgan fingerprint density at radius 3 is 2.52 bits per heavy atom. The number of hydrogen-bond acceptors (Lipinski definition) is 9. The van der Waals surface area contributed by atoms with Crippen LogP contribution in [-0.2, 0) is 15.1 Å². The minimum Gasteiger partial charge on any atom is -0.497 e. The Morgan fingerprint density at radius 2 is 1.90 bits per heavy atom. The molecule has 4 amide bonds. The summed E-state index contributed by atoms with van der Waals surface area (Å²) < 4.78 is 6.60. The molecular formula is C17H19N5O4S3. The third-order valence-electron chi connectivity index (χ3n) is 4.08. The van der Waals surface area contributed by atoms with Crippen molar-refractivity contribution in [2.75, 3.05) is 18.6 Å². The molecule has 1 aliphatic rings. The lowest BCUT2D eigenvalue weighted by Gasteiger charge is -2.22. The molecule has 1 aromatic carbocycles. The Labute approximate surface area is 179 Å². The maximum atomic E-state index is 12.8. The highest BCUT2D eigenvalue weighted by atomic mass is 32.2. The highest BCUT2D eigenvalue weighted by molar-refractivity contribution is 8.03. The van der Waals surface area contributed by atoms with Crippen molar-refractivity contribution in [1.29, 1.82) is 0 Å². The molecule has 1 atom stereocenters. The molecule has 9 nitrogen and oxygen atoms in total. The van der Waals surface area contributed by atoms with Crippen molar-refractivity contribution >= 4 is 52.7 Å². The Balaban J connectivity index is 1.62. The van der Waals surface area contributed by atoms with Crippen molar-refractivity contribution < 1.29 is 19.1 Å². The van der Waals surface area contributed by atoms with Crippen LogP contribution in [0.3, 0.4) is 0 Å². The van der Waals surface area contributed by atoms with Crippen molar-refractivity contribution in [2.24, 2.45) is 0 Å². The molecule has 2 N–H and O–H groups in total. The minimum atomic E-state index is -1.28. The lowest BCUT2D eigenvalue weighted by atomic mass is 9.92. The van der Waals surface area contributed by atoms with Crippen molar-refractivity contribution in [1.82, 2.24) is 25.9 Å². The second-order valence-electron chi connectivity index (χ2n) is 6.01. The summed E-state index contributed by atoms with van der Waals surface area (Å²) >= 11 is 4.17. The quantitative estimate of drug-likeness (QED) is 0.462. The first-order chi connectivity index (χ1) is 13.9. The number of nitrogens with zero attached hydrogens (tertiary/aromatic N) is 3. The fourth-order valence-electron chi connectivity index (χ4n) is 2.58.